The van der Waals surface area contributed by atoms with Crippen molar-refractivity contribution in [3.05, 3.63) is 58.2 Å². The lowest BCUT2D eigenvalue weighted by molar-refractivity contribution is -0.130. The van der Waals surface area contributed by atoms with Crippen LogP contribution < -0.4 is 16.3 Å². The second-order valence-electron chi connectivity index (χ2n) is 10.1. The van der Waals surface area contributed by atoms with E-state index < -0.39 is 17.3 Å². The summed E-state index contributed by atoms with van der Waals surface area (Å²) in [7, 11) is 1.78. The number of pyridine rings is 1. The van der Waals surface area contributed by atoms with Gasteiger partial charge in [-0.05, 0) is 63.4 Å². The normalized spacial score (nSPS) is 12.2. The van der Waals surface area contributed by atoms with E-state index in [0.29, 0.717) is 42.7 Å². The lowest BCUT2D eigenvalue weighted by Crippen LogP contribution is -2.31. The largest absolute Gasteiger partial charge is 0.444 e. The summed E-state index contributed by atoms with van der Waals surface area (Å²) in [6.45, 7) is 9.94. The number of aromatic nitrogens is 2. The fraction of sp³-hybridized carbons (Fsp3) is 0.444. The number of hydrogen-bond donors (Lipinski definition) is 2. The Kier molecular flexibility index (Phi) is 8.86. The number of rotatable bonds is 9. The van der Waals surface area contributed by atoms with Crippen LogP contribution in [-0.4, -0.2) is 52.6 Å². The standard InChI is InChI=1S/C27H35N5O5/c1-17(15-22(33)32(6)14-12-19-9-7-8-13-28-19)16-29-25-30-21-11-10-20(18(2)23(21)24(34)36-25)31-26(35)37-27(3,4)5/h7-11,13,17H,12,14-16H2,1-6H3,(H,29,30)(H,31,35). The van der Waals surface area contributed by atoms with Gasteiger partial charge < -0.3 is 19.4 Å². The number of anilines is 2. The predicted octanol–water partition coefficient (Wildman–Crippen LogP) is 4.38. The molecule has 1 unspecified atom stereocenters. The highest BCUT2D eigenvalue weighted by Gasteiger charge is 2.19. The van der Waals surface area contributed by atoms with Gasteiger partial charge in [-0.2, -0.15) is 4.98 Å². The molecule has 0 radical (unpaired) electrons. The predicted molar refractivity (Wildman–Crippen MR) is 143 cm³/mol. The molecule has 0 aliphatic carbocycles. The van der Waals surface area contributed by atoms with E-state index in [1.54, 1.807) is 58.0 Å². The van der Waals surface area contributed by atoms with Crippen LogP contribution in [0.4, 0.5) is 16.5 Å². The number of likely N-dealkylation sites (N-methyl/N-ethyl adjacent to an activating group) is 1. The molecule has 0 bridgehead atoms. The smallest absolute Gasteiger partial charge is 0.412 e. The number of amides is 2. The SMILES string of the molecule is Cc1c(NC(=O)OC(C)(C)C)ccc2nc(NCC(C)CC(=O)N(C)CCc3ccccn3)oc(=O)c12. The zero-order valence-corrected chi connectivity index (χ0v) is 22.3. The molecule has 2 aromatic heterocycles. The third-order valence-electron chi connectivity index (χ3n) is 5.67. The molecule has 198 valence electrons. The number of hydrogen-bond acceptors (Lipinski definition) is 8. The van der Waals surface area contributed by atoms with Crippen molar-refractivity contribution in [3.8, 4) is 0 Å². The molecule has 1 aromatic carbocycles. The van der Waals surface area contributed by atoms with Gasteiger partial charge in [-0.15, -0.1) is 0 Å². The molecule has 2 amide bonds. The molecule has 2 N–H and O–H groups in total. The molecule has 0 spiro atoms. The minimum absolute atomic E-state index is 0.0188. The third-order valence-corrected chi connectivity index (χ3v) is 5.67. The van der Waals surface area contributed by atoms with Gasteiger partial charge in [-0.1, -0.05) is 13.0 Å². The fourth-order valence-electron chi connectivity index (χ4n) is 3.68. The van der Waals surface area contributed by atoms with Crippen LogP contribution >= 0.6 is 0 Å². The van der Waals surface area contributed by atoms with Gasteiger partial charge in [0.15, 0.2) is 0 Å². The van der Waals surface area contributed by atoms with Gasteiger partial charge in [0.2, 0.25) is 5.91 Å². The molecular weight excluding hydrogens is 474 g/mol. The van der Waals surface area contributed by atoms with E-state index in [-0.39, 0.29) is 23.2 Å². The molecule has 37 heavy (non-hydrogen) atoms. The minimum atomic E-state index is -0.646. The topological polar surface area (TPSA) is 127 Å². The Morgan fingerprint density at radius 1 is 1.19 bits per heavy atom. The number of ether oxygens (including phenoxy) is 1. The third kappa shape index (κ3) is 8.03. The van der Waals surface area contributed by atoms with Crippen molar-refractivity contribution in [2.75, 3.05) is 30.8 Å². The van der Waals surface area contributed by atoms with Gasteiger partial charge in [0.25, 0.3) is 6.01 Å². The molecule has 0 aliphatic heterocycles. The summed E-state index contributed by atoms with van der Waals surface area (Å²) >= 11 is 0. The van der Waals surface area contributed by atoms with E-state index >= 15 is 0 Å². The van der Waals surface area contributed by atoms with E-state index in [4.69, 9.17) is 9.15 Å². The highest BCUT2D eigenvalue weighted by molar-refractivity contribution is 5.93. The van der Waals surface area contributed by atoms with E-state index in [2.05, 4.69) is 20.6 Å². The van der Waals surface area contributed by atoms with Crippen molar-refractivity contribution in [1.29, 1.82) is 0 Å². The van der Waals surface area contributed by atoms with Crippen LogP contribution in [0.3, 0.4) is 0 Å². The van der Waals surface area contributed by atoms with E-state index in [1.165, 1.54) is 0 Å². The molecule has 10 nitrogen and oxygen atoms in total. The first-order valence-electron chi connectivity index (χ1n) is 12.2. The maximum atomic E-state index is 12.7. The maximum absolute atomic E-state index is 12.7. The van der Waals surface area contributed by atoms with Crippen molar-refractivity contribution in [3.63, 3.8) is 0 Å². The van der Waals surface area contributed by atoms with Crippen molar-refractivity contribution in [1.82, 2.24) is 14.9 Å². The van der Waals surface area contributed by atoms with Gasteiger partial charge in [0, 0.05) is 50.6 Å². The highest BCUT2D eigenvalue weighted by atomic mass is 16.6. The van der Waals surface area contributed by atoms with Gasteiger partial charge in [-0.3, -0.25) is 15.1 Å². The van der Waals surface area contributed by atoms with Gasteiger partial charge in [0.1, 0.15) is 5.60 Å². The van der Waals surface area contributed by atoms with Crippen LogP contribution in [0.5, 0.6) is 0 Å². The van der Waals surface area contributed by atoms with Crippen LogP contribution in [0, 0.1) is 12.8 Å². The molecule has 10 heteroatoms. The summed E-state index contributed by atoms with van der Waals surface area (Å²) in [4.78, 5) is 47.8. The molecule has 3 aromatic rings. The molecule has 1 atom stereocenters. The van der Waals surface area contributed by atoms with E-state index in [0.717, 1.165) is 5.69 Å². The first-order valence-corrected chi connectivity index (χ1v) is 12.2. The Hall–Kier alpha value is -3.95. The number of aryl methyl sites for hydroxylation is 1. The van der Waals surface area contributed by atoms with Crippen molar-refractivity contribution in [2.45, 2.75) is 53.1 Å². The number of nitrogens with zero attached hydrogens (tertiary/aromatic N) is 3. The quantitative estimate of drug-likeness (QED) is 0.435. The molecule has 2 heterocycles. The lowest BCUT2D eigenvalue weighted by Gasteiger charge is -2.20. The number of fused-ring (bicyclic) bond motifs is 1. The summed E-state index contributed by atoms with van der Waals surface area (Å²) < 4.78 is 10.7. The Bertz CT molecular complexity index is 1300. The Morgan fingerprint density at radius 2 is 1.95 bits per heavy atom. The fourth-order valence-corrected chi connectivity index (χ4v) is 3.68. The van der Waals surface area contributed by atoms with Crippen LogP contribution in [0.15, 0.2) is 45.7 Å². The van der Waals surface area contributed by atoms with Crippen molar-refractivity contribution >= 4 is 34.6 Å². The Morgan fingerprint density at radius 3 is 2.62 bits per heavy atom. The monoisotopic (exact) mass is 509 g/mol. The van der Waals surface area contributed by atoms with Gasteiger partial charge in [-0.25, -0.2) is 9.59 Å². The summed E-state index contributed by atoms with van der Waals surface area (Å²) in [6.07, 6.45) is 2.15. The average Bonchev–Trinajstić information content (AvgIpc) is 2.82. The first-order chi connectivity index (χ1) is 17.4. The highest BCUT2D eigenvalue weighted by Crippen LogP contribution is 2.24. The second kappa shape index (κ2) is 11.9. The number of benzene rings is 1. The zero-order valence-electron chi connectivity index (χ0n) is 22.3. The van der Waals surface area contributed by atoms with Crippen molar-refractivity contribution < 1.29 is 18.7 Å². The van der Waals surface area contributed by atoms with E-state index in [1.807, 2.05) is 25.1 Å². The average molecular weight is 510 g/mol. The first kappa shape index (κ1) is 27.6. The molecule has 0 saturated carbocycles. The van der Waals surface area contributed by atoms with Crippen LogP contribution in [0.25, 0.3) is 10.9 Å². The molecule has 0 fully saturated rings. The van der Waals surface area contributed by atoms with Crippen LogP contribution in [0.1, 0.15) is 45.4 Å². The number of carbonyl (C=O) groups excluding carboxylic acids is 2. The summed E-state index contributed by atoms with van der Waals surface area (Å²) in [5.74, 6) is 0.00790. The minimum Gasteiger partial charge on any atom is -0.444 e. The van der Waals surface area contributed by atoms with Gasteiger partial charge in [0.05, 0.1) is 10.9 Å². The van der Waals surface area contributed by atoms with Crippen LogP contribution in [-0.2, 0) is 16.0 Å². The molecule has 0 saturated heterocycles. The van der Waals surface area contributed by atoms with Gasteiger partial charge >= 0.3 is 11.7 Å². The maximum Gasteiger partial charge on any atom is 0.412 e. The Labute approximate surface area is 216 Å². The van der Waals surface area contributed by atoms with Crippen molar-refractivity contribution in [2.24, 2.45) is 5.92 Å². The lowest BCUT2D eigenvalue weighted by atomic mass is 10.1. The second-order valence-corrected chi connectivity index (χ2v) is 10.1. The summed E-state index contributed by atoms with van der Waals surface area (Å²) in [5.41, 5.74) is 1.13. The number of carbonyl (C=O) groups is 2. The van der Waals surface area contributed by atoms with E-state index in [9.17, 15) is 14.4 Å². The van der Waals surface area contributed by atoms with Crippen LogP contribution in [0.2, 0.25) is 0 Å². The molecule has 3 rings (SSSR count). The number of nitrogens with one attached hydrogen (secondary N) is 2. The summed E-state index contributed by atoms with van der Waals surface area (Å²) in [6, 6.07) is 9.11. The molecular formula is C27H35N5O5. The Balaban J connectivity index is 1.58. The zero-order chi connectivity index (χ0) is 27.2. The summed E-state index contributed by atoms with van der Waals surface area (Å²) in [5, 5.41) is 5.96. The molecule has 0 aliphatic rings.